The van der Waals surface area contributed by atoms with Crippen molar-refractivity contribution in [3.63, 3.8) is 0 Å². The van der Waals surface area contributed by atoms with Gasteiger partial charge in [0.25, 0.3) is 5.91 Å². The van der Waals surface area contributed by atoms with Gasteiger partial charge in [0, 0.05) is 13.2 Å². The Labute approximate surface area is 155 Å². The molecular formula is C21H20F3NO2. The number of fused-ring (bicyclic) bond motifs is 1. The Balaban J connectivity index is 1.73. The summed E-state index contributed by atoms with van der Waals surface area (Å²) in [4.78, 5) is 14.8. The molecule has 1 fully saturated rings. The Morgan fingerprint density at radius 1 is 1.07 bits per heavy atom. The lowest BCUT2D eigenvalue weighted by Crippen LogP contribution is -2.45. The van der Waals surface area contributed by atoms with E-state index in [-0.39, 0.29) is 5.91 Å². The number of rotatable bonds is 2. The van der Waals surface area contributed by atoms with Gasteiger partial charge in [0.1, 0.15) is 6.10 Å². The molecule has 0 saturated carbocycles. The molecule has 4 rings (SSSR count). The summed E-state index contributed by atoms with van der Waals surface area (Å²) < 4.78 is 44.4. The van der Waals surface area contributed by atoms with Crippen molar-refractivity contribution >= 4 is 5.91 Å². The summed E-state index contributed by atoms with van der Waals surface area (Å²) in [5.41, 5.74) is 2.09. The summed E-state index contributed by atoms with van der Waals surface area (Å²) in [5, 5.41) is 0. The molecule has 0 aromatic heterocycles. The first-order chi connectivity index (χ1) is 12.9. The minimum absolute atomic E-state index is 0.0769. The maximum Gasteiger partial charge on any atom is 0.416 e. The third-order valence-corrected chi connectivity index (χ3v) is 5.33. The van der Waals surface area contributed by atoms with Crippen molar-refractivity contribution in [3.05, 3.63) is 70.8 Å². The first-order valence-corrected chi connectivity index (χ1v) is 9.12. The molecule has 0 unspecified atom stereocenters. The summed E-state index contributed by atoms with van der Waals surface area (Å²) in [7, 11) is 0. The molecule has 2 aromatic rings. The van der Waals surface area contributed by atoms with E-state index in [1.807, 2.05) is 24.3 Å². The van der Waals surface area contributed by atoms with Gasteiger partial charge in [0.05, 0.1) is 11.6 Å². The van der Waals surface area contributed by atoms with Gasteiger partial charge in [0.15, 0.2) is 0 Å². The zero-order valence-electron chi connectivity index (χ0n) is 14.7. The number of alkyl halides is 3. The molecule has 1 saturated heterocycles. The maximum absolute atomic E-state index is 13.0. The summed E-state index contributed by atoms with van der Waals surface area (Å²) in [6.45, 7) is 1.10. The average molecular weight is 375 g/mol. The molecule has 0 spiro atoms. The van der Waals surface area contributed by atoms with Crippen molar-refractivity contribution in [3.8, 4) is 0 Å². The van der Waals surface area contributed by atoms with Crippen LogP contribution in [0.3, 0.4) is 0 Å². The number of halogens is 3. The molecule has 2 aliphatic heterocycles. The number of amides is 1. The van der Waals surface area contributed by atoms with Crippen LogP contribution in [0.2, 0.25) is 0 Å². The molecule has 2 aliphatic rings. The SMILES string of the molecule is O=C([C@H]1CCCO1)N1CCc2ccccc2[C@H]1c1ccc(C(F)(F)F)cc1. The fourth-order valence-electron chi connectivity index (χ4n) is 3.98. The Morgan fingerprint density at radius 3 is 2.48 bits per heavy atom. The van der Waals surface area contributed by atoms with E-state index in [1.54, 1.807) is 4.90 Å². The largest absolute Gasteiger partial charge is 0.416 e. The van der Waals surface area contributed by atoms with Gasteiger partial charge in [-0.25, -0.2) is 0 Å². The standard InChI is InChI=1S/C21H20F3NO2/c22-21(23,24)16-9-7-15(8-10-16)19-17-5-2-1-4-14(17)11-12-25(19)20(26)18-6-3-13-27-18/h1-2,4-5,7-10,18-19H,3,6,11-13H2/t18-,19-/m1/s1. The first kappa shape index (κ1) is 18.0. The topological polar surface area (TPSA) is 29.5 Å². The fraction of sp³-hybridized carbons (Fsp3) is 0.381. The van der Waals surface area contributed by atoms with E-state index in [9.17, 15) is 18.0 Å². The Kier molecular flexibility index (Phi) is 4.68. The number of nitrogens with zero attached hydrogens (tertiary/aromatic N) is 1. The Hall–Kier alpha value is -2.34. The highest BCUT2D eigenvalue weighted by Crippen LogP contribution is 2.38. The molecule has 6 heteroatoms. The molecule has 0 bridgehead atoms. The molecule has 2 heterocycles. The monoisotopic (exact) mass is 375 g/mol. The maximum atomic E-state index is 13.0. The predicted octanol–water partition coefficient (Wildman–Crippen LogP) is 4.36. The van der Waals surface area contributed by atoms with Gasteiger partial charge < -0.3 is 9.64 Å². The number of hydrogen-bond acceptors (Lipinski definition) is 2. The molecule has 27 heavy (non-hydrogen) atoms. The van der Waals surface area contributed by atoms with Crippen molar-refractivity contribution in [2.45, 2.75) is 37.6 Å². The second kappa shape index (κ2) is 7.00. The third kappa shape index (κ3) is 3.46. The van der Waals surface area contributed by atoms with E-state index < -0.39 is 23.9 Å². The quantitative estimate of drug-likeness (QED) is 0.781. The summed E-state index contributed by atoms with van der Waals surface area (Å²) in [5.74, 6) is -0.0769. The second-order valence-electron chi connectivity index (χ2n) is 7.00. The van der Waals surface area contributed by atoms with Crippen LogP contribution in [0.25, 0.3) is 0 Å². The highest BCUT2D eigenvalue weighted by Gasteiger charge is 2.37. The Bertz CT molecular complexity index is 826. The third-order valence-electron chi connectivity index (χ3n) is 5.33. The van der Waals surface area contributed by atoms with Crippen molar-refractivity contribution in [2.24, 2.45) is 0 Å². The highest BCUT2D eigenvalue weighted by molar-refractivity contribution is 5.82. The van der Waals surface area contributed by atoms with E-state index in [0.717, 1.165) is 36.1 Å². The lowest BCUT2D eigenvalue weighted by atomic mass is 9.87. The second-order valence-corrected chi connectivity index (χ2v) is 7.00. The molecule has 3 nitrogen and oxygen atoms in total. The van der Waals surface area contributed by atoms with Crippen molar-refractivity contribution in [2.75, 3.05) is 13.2 Å². The molecule has 2 atom stereocenters. The molecule has 0 N–H and O–H groups in total. The van der Waals surface area contributed by atoms with E-state index in [1.165, 1.54) is 12.1 Å². The normalized spacial score (nSPS) is 22.6. The van der Waals surface area contributed by atoms with Gasteiger partial charge in [-0.1, -0.05) is 36.4 Å². The van der Waals surface area contributed by atoms with Gasteiger partial charge in [-0.2, -0.15) is 13.2 Å². The van der Waals surface area contributed by atoms with Gasteiger partial charge in [0.2, 0.25) is 0 Å². The summed E-state index contributed by atoms with van der Waals surface area (Å²) in [6, 6.07) is 12.5. The van der Waals surface area contributed by atoms with Crippen LogP contribution in [-0.2, 0) is 22.1 Å². The lowest BCUT2D eigenvalue weighted by molar-refractivity contribution is -0.143. The van der Waals surface area contributed by atoms with E-state index in [2.05, 4.69) is 0 Å². The van der Waals surface area contributed by atoms with Crippen LogP contribution in [0.15, 0.2) is 48.5 Å². The minimum Gasteiger partial charge on any atom is -0.368 e. The first-order valence-electron chi connectivity index (χ1n) is 9.12. The van der Waals surface area contributed by atoms with Crippen molar-refractivity contribution < 1.29 is 22.7 Å². The molecule has 0 aliphatic carbocycles. The highest BCUT2D eigenvalue weighted by atomic mass is 19.4. The predicted molar refractivity (Wildman–Crippen MR) is 94.1 cm³/mol. The van der Waals surface area contributed by atoms with E-state index >= 15 is 0 Å². The van der Waals surface area contributed by atoms with E-state index in [0.29, 0.717) is 25.1 Å². The van der Waals surface area contributed by atoms with Gasteiger partial charge >= 0.3 is 6.18 Å². The van der Waals surface area contributed by atoms with Crippen LogP contribution in [0.1, 0.15) is 41.1 Å². The zero-order chi connectivity index (χ0) is 19.0. The number of hydrogen-bond donors (Lipinski definition) is 0. The van der Waals surface area contributed by atoms with Gasteiger partial charge in [-0.15, -0.1) is 0 Å². The molecule has 0 radical (unpaired) electrons. The van der Waals surface area contributed by atoms with Crippen LogP contribution in [0, 0.1) is 0 Å². The number of benzene rings is 2. The minimum atomic E-state index is -4.38. The molecular weight excluding hydrogens is 355 g/mol. The molecule has 2 aromatic carbocycles. The van der Waals surface area contributed by atoms with Crippen molar-refractivity contribution in [1.82, 2.24) is 4.90 Å². The fourth-order valence-corrected chi connectivity index (χ4v) is 3.98. The van der Waals surface area contributed by atoms with Gasteiger partial charge in [-0.3, -0.25) is 4.79 Å². The number of carbonyl (C=O) groups is 1. The van der Waals surface area contributed by atoms with Crippen LogP contribution >= 0.6 is 0 Å². The van der Waals surface area contributed by atoms with Crippen LogP contribution in [0.5, 0.6) is 0 Å². The molecule has 142 valence electrons. The smallest absolute Gasteiger partial charge is 0.368 e. The van der Waals surface area contributed by atoms with Crippen LogP contribution < -0.4 is 0 Å². The zero-order valence-corrected chi connectivity index (χ0v) is 14.7. The number of ether oxygens (including phenoxy) is 1. The molecule has 1 amide bonds. The summed E-state index contributed by atoms with van der Waals surface area (Å²) >= 11 is 0. The van der Waals surface area contributed by atoms with E-state index in [4.69, 9.17) is 4.74 Å². The number of carbonyl (C=O) groups excluding carboxylic acids is 1. The summed E-state index contributed by atoms with van der Waals surface area (Å²) in [6.07, 6.45) is -2.56. The van der Waals surface area contributed by atoms with Crippen LogP contribution in [0.4, 0.5) is 13.2 Å². The van der Waals surface area contributed by atoms with Gasteiger partial charge in [-0.05, 0) is 48.1 Å². The lowest BCUT2D eigenvalue weighted by Gasteiger charge is -2.39. The average Bonchev–Trinajstić information content (AvgIpc) is 3.21. The van der Waals surface area contributed by atoms with Crippen LogP contribution in [-0.4, -0.2) is 30.1 Å². The Morgan fingerprint density at radius 2 is 1.81 bits per heavy atom. The van der Waals surface area contributed by atoms with Crippen molar-refractivity contribution in [1.29, 1.82) is 0 Å².